The first kappa shape index (κ1) is 12.6. The lowest BCUT2D eigenvalue weighted by atomic mass is 9.98. The van der Waals surface area contributed by atoms with Crippen LogP contribution >= 0.6 is 0 Å². The van der Waals surface area contributed by atoms with E-state index in [4.69, 9.17) is 9.47 Å². The summed E-state index contributed by atoms with van der Waals surface area (Å²) in [6.45, 7) is 4.75. The molecule has 4 nitrogen and oxygen atoms in total. The predicted molar refractivity (Wildman–Crippen MR) is 76.1 cm³/mol. The molecule has 0 bridgehead atoms. The van der Waals surface area contributed by atoms with E-state index in [2.05, 4.69) is 23.3 Å². The molecule has 0 aliphatic carbocycles. The Hall–Kier alpha value is -1.42. The number of hydrogen-bond acceptors (Lipinski definition) is 4. The molecule has 1 N–H and O–H groups in total. The first-order valence-electron chi connectivity index (χ1n) is 7.13. The van der Waals surface area contributed by atoms with Crippen LogP contribution in [0.4, 0.5) is 5.69 Å². The summed E-state index contributed by atoms with van der Waals surface area (Å²) in [6, 6.07) is 6.10. The number of piperidine rings is 1. The Labute approximate surface area is 114 Å². The third-order valence-corrected chi connectivity index (χ3v) is 3.86. The van der Waals surface area contributed by atoms with E-state index in [9.17, 15) is 0 Å². The molecule has 4 heteroatoms. The molecule has 1 fully saturated rings. The Morgan fingerprint density at radius 2 is 2.11 bits per heavy atom. The van der Waals surface area contributed by atoms with Gasteiger partial charge in [-0.2, -0.15) is 0 Å². The van der Waals surface area contributed by atoms with Gasteiger partial charge in [-0.25, -0.2) is 0 Å². The quantitative estimate of drug-likeness (QED) is 0.905. The molecule has 2 aliphatic rings. The first-order chi connectivity index (χ1) is 9.31. The molecule has 0 spiro atoms. The van der Waals surface area contributed by atoms with Gasteiger partial charge in [0.1, 0.15) is 13.2 Å². The minimum atomic E-state index is 0.643. The molecular weight excluding hydrogens is 240 g/mol. The van der Waals surface area contributed by atoms with Crippen molar-refractivity contribution in [2.24, 2.45) is 5.92 Å². The molecule has 1 atom stereocenters. The van der Waals surface area contributed by atoms with E-state index < -0.39 is 0 Å². The van der Waals surface area contributed by atoms with Gasteiger partial charge in [0.15, 0.2) is 11.5 Å². The molecule has 19 heavy (non-hydrogen) atoms. The van der Waals surface area contributed by atoms with Crippen LogP contribution in [0.25, 0.3) is 0 Å². The number of fused-ring (bicyclic) bond motifs is 1. The number of benzene rings is 1. The minimum absolute atomic E-state index is 0.643. The van der Waals surface area contributed by atoms with Crippen LogP contribution < -0.4 is 14.8 Å². The monoisotopic (exact) mass is 262 g/mol. The standard InChI is InChI=1S/C15H22N2O2/c1-17-6-2-3-12(11-17)10-16-13-4-5-14-15(9-13)19-8-7-18-14/h4-5,9,12,16H,2-3,6-8,10-11H2,1H3. The van der Waals surface area contributed by atoms with Crippen LogP contribution in [0.3, 0.4) is 0 Å². The second kappa shape index (κ2) is 5.70. The number of ether oxygens (including phenoxy) is 2. The van der Waals surface area contributed by atoms with Crippen molar-refractivity contribution in [3.63, 3.8) is 0 Å². The predicted octanol–water partition coefficient (Wildman–Crippen LogP) is 2.21. The van der Waals surface area contributed by atoms with Gasteiger partial charge in [0.05, 0.1) is 0 Å². The van der Waals surface area contributed by atoms with Gasteiger partial charge in [-0.3, -0.25) is 0 Å². The van der Waals surface area contributed by atoms with Gasteiger partial charge in [-0.15, -0.1) is 0 Å². The third kappa shape index (κ3) is 3.13. The molecule has 1 aromatic carbocycles. The van der Waals surface area contributed by atoms with Crippen LogP contribution in [0, 0.1) is 5.92 Å². The molecule has 0 radical (unpaired) electrons. The lowest BCUT2D eigenvalue weighted by Gasteiger charge is -2.30. The molecule has 0 saturated carbocycles. The van der Waals surface area contributed by atoms with Crippen molar-refractivity contribution < 1.29 is 9.47 Å². The maximum Gasteiger partial charge on any atom is 0.163 e. The Balaban J connectivity index is 1.57. The average Bonchev–Trinajstić information content (AvgIpc) is 2.45. The van der Waals surface area contributed by atoms with Crippen LogP contribution in [-0.2, 0) is 0 Å². The SMILES string of the molecule is CN1CCCC(CNc2ccc3c(c2)OCCO3)C1. The summed E-state index contributed by atoms with van der Waals surface area (Å²) in [4.78, 5) is 2.42. The van der Waals surface area contributed by atoms with Crippen molar-refractivity contribution in [3.8, 4) is 11.5 Å². The highest BCUT2D eigenvalue weighted by molar-refractivity contribution is 5.55. The maximum atomic E-state index is 5.60. The van der Waals surface area contributed by atoms with Crippen LogP contribution in [0.15, 0.2) is 18.2 Å². The van der Waals surface area contributed by atoms with Crippen LogP contribution in [0.5, 0.6) is 11.5 Å². The van der Waals surface area contributed by atoms with Crippen LogP contribution in [0.1, 0.15) is 12.8 Å². The average molecular weight is 262 g/mol. The number of anilines is 1. The smallest absolute Gasteiger partial charge is 0.163 e. The Morgan fingerprint density at radius 3 is 2.95 bits per heavy atom. The highest BCUT2D eigenvalue weighted by Gasteiger charge is 2.17. The maximum absolute atomic E-state index is 5.60. The fourth-order valence-corrected chi connectivity index (χ4v) is 2.86. The van der Waals surface area contributed by atoms with Gasteiger partial charge in [0.2, 0.25) is 0 Å². The normalized spacial score (nSPS) is 23.1. The summed E-state index contributed by atoms with van der Waals surface area (Å²) in [7, 11) is 2.20. The van der Waals surface area contributed by atoms with Crippen molar-refractivity contribution in [2.75, 3.05) is 45.2 Å². The molecule has 2 heterocycles. The van der Waals surface area contributed by atoms with Crippen molar-refractivity contribution >= 4 is 5.69 Å². The first-order valence-corrected chi connectivity index (χ1v) is 7.13. The van der Waals surface area contributed by atoms with E-state index in [0.717, 1.165) is 29.6 Å². The fraction of sp³-hybridized carbons (Fsp3) is 0.600. The van der Waals surface area contributed by atoms with Gasteiger partial charge in [0.25, 0.3) is 0 Å². The molecule has 104 valence electrons. The molecular formula is C15H22N2O2. The zero-order chi connectivity index (χ0) is 13.1. The van der Waals surface area contributed by atoms with E-state index in [1.165, 1.54) is 25.9 Å². The molecule has 0 amide bonds. The number of likely N-dealkylation sites (tertiary alicyclic amines) is 1. The zero-order valence-electron chi connectivity index (χ0n) is 11.5. The largest absolute Gasteiger partial charge is 0.486 e. The van der Waals surface area contributed by atoms with Crippen LogP contribution in [-0.4, -0.2) is 44.8 Å². The highest BCUT2D eigenvalue weighted by Crippen LogP contribution is 2.32. The van der Waals surface area contributed by atoms with Crippen molar-refractivity contribution in [2.45, 2.75) is 12.8 Å². The number of rotatable bonds is 3. The Kier molecular flexibility index (Phi) is 3.78. The van der Waals surface area contributed by atoms with Crippen LogP contribution in [0.2, 0.25) is 0 Å². The lowest BCUT2D eigenvalue weighted by Crippen LogP contribution is -2.35. The molecule has 2 aliphatic heterocycles. The summed E-state index contributed by atoms with van der Waals surface area (Å²) in [5.74, 6) is 2.46. The van der Waals surface area contributed by atoms with Crippen molar-refractivity contribution in [3.05, 3.63) is 18.2 Å². The summed E-state index contributed by atoms with van der Waals surface area (Å²) >= 11 is 0. The number of nitrogens with one attached hydrogen (secondary N) is 1. The number of nitrogens with zero attached hydrogens (tertiary/aromatic N) is 1. The Morgan fingerprint density at radius 1 is 1.26 bits per heavy atom. The zero-order valence-corrected chi connectivity index (χ0v) is 11.5. The second-order valence-electron chi connectivity index (χ2n) is 5.51. The van der Waals surface area contributed by atoms with Gasteiger partial charge in [-0.1, -0.05) is 0 Å². The molecule has 0 aromatic heterocycles. The molecule has 1 saturated heterocycles. The summed E-state index contributed by atoms with van der Waals surface area (Å²) in [6.07, 6.45) is 2.63. The van der Waals surface area contributed by atoms with Gasteiger partial charge in [-0.05, 0) is 44.5 Å². The second-order valence-corrected chi connectivity index (χ2v) is 5.51. The van der Waals surface area contributed by atoms with Gasteiger partial charge >= 0.3 is 0 Å². The van der Waals surface area contributed by atoms with Crippen molar-refractivity contribution in [1.82, 2.24) is 4.90 Å². The van der Waals surface area contributed by atoms with E-state index >= 15 is 0 Å². The molecule has 3 rings (SSSR count). The molecule has 1 unspecified atom stereocenters. The third-order valence-electron chi connectivity index (χ3n) is 3.86. The topological polar surface area (TPSA) is 33.7 Å². The lowest BCUT2D eigenvalue weighted by molar-refractivity contribution is 0.171. The van der Waals surface area contributed by atoms with E-state index in [-0.39, 0.29) is 0 Å². The number of hydrogen-bond donors (Lipinski definition) is 1. The van der Waals surface area contributed by atoms with Gasteiger partial charge < -0.3 is 19.7 Å². The molecule has 1 aromatic rings. The van der Waals surface area contributed by atoms with E-state index in [1.807, 2.05) is 12.1 Å². The fourth-order valence-electron chi connectivity index (χ4n) is 2.86. The van der Waals surface area contributed by atoms with Gasteiger partial charge in [0, 0.05) is 24.8 Å². The van der Waals surface area contributed by atoms with E-state index in [1.54, 1.807) is 0 Å². The summed E-state index contributed by atoms with van der Waals surface area (Å²) in [5.41, 5.74) is 1.12. The summed E-state index contributed by atoms with van der Waals surface area (Å²) in [5, 5.41) is 3.52. The van der Waals surface area contributed by atoms with E-state index in [0.29, 0.717) is 13.2 Å². The highest BCUT2D eigenvalue weighted by atomic mass is 16.6. The van der Waals surface area contributed by atoms with Crippen molar-refractivity contribution in [1.29, 1.82) is 0 Å². The Bertz CT molecular complexity index is 436. The minimum Gasteiger partial charge on any atom is -0.486 e. The summed E-state index contributed by atoms with van der Waals surface area (Å²) < 4.78 is 11.1.